The van der Waals surface area contributed by atoms with Gasteiger partial charge in [0.15, 0.2) is 0 Å². The molecular weight excluding hydrogens is 308 g/mol. The lowest BCUT2D eigenvalue weighted by Crippen LogP contribution is -2.38. The summed E-state index contributed by atoms with van der Waals surface area (Å²) in [6.45, 7) is 1.08. The van der Waals surface area contributed by atoms with Crippen LogP contribution in [0.15, 0.2) is 24.1 Å². The molecule has 2 aromatic heterocycles. The topological polar surface area (TPSA) is 76.1 Å². The zero-order valence-electron chi connectivity index (χ0n) is 11.6. The Bertz CT molecular complexity index is 716. The highest BCUT2D eigenvalue weighted by Gasteiger charge is 2.27. The van der Waals surface area contributed by atoms with Crippen molar-refractivity contribution in [3.05, 3.63) is 29.8 Å². The van der Waals surface area contributed by atoms with Crippen molar-refractivity contribution in [2.45, 2.75) is 18.8 Å². The third kappa shape index (κ3) is 3.28. The molecule has 0 aromatic carbocycles. The minimum Gasteiger partial charge on any atom is -0.261 e. The van der Waals surface area contributed by atoms with Crippen molar-refractivity contribution in [3.8, 4) is 10.6 Å². The van der Waals surface area contributed by atoms with Gasteiger partial charge in [-0.05, 0) is 12.8 Å². The maximum atomic E-state index is 11.7. The molecule has 21 heavy (non-hydrogen) atoms. The highest BCUT2D eigenvalue weighted by atomic mass is 32.2. The van der Waals surface area contributed by atoms with Crippen LogP contribution < -0.4 is 0 Å². The predicted octanol–water partition coefficient (Wildman–Crippen LogP) is 1.74. The Morgan fingerprint density at radius 1 is 1.29 bits per heavy atom. The Labute approximate surface area is 127 Å². The van der Waals surface area contributed by atoms with Crippen LogP contribution in [0.1, 0.15) is 24.5 Å². The van der Waals surface area contributed by atoms with E-state index in [1.54, 1.807) is 24.1 Å². The number of hydrogen-bond donors (Lipinski definition) is 0. The number of sulfonamides is 1. The molecule has 1 saturated heterocycles. The lowest BCUT2D eigenvalue weighted by atomic mass is 9.96. The number of hydrogen-bond acceptors (Lipinski definition) is 6. The van der Waals surface area contributed by atoms with E-state index in [0.717, 1.165) is 29.1 Å². The Morgan fingerprint density at radius 2 is 2.14 bits per heavy atom. The first kappa shape index (κ1) is 14.6. The van der Waals surface area contributed by atoms with Crippen LogP contribution in [0.2, 0.25) is 0 Å². The summed E-state index contributed by atoms with van der Waals surface area (Å²) < 4.78 is 24.9. The van der Waals surface area contributed by atoms with Gasteiger partial charge < -0.3 is 0 Å². The molecule has 3 rings (SSSR count). The van der Waals surface area contributed by atoms with E-state index in [9.17, 15) is 8.42 Å². The third-order valence-electron chi connectivity index (χ3n) is 3.61. The maximum absolute atomic E-state index is 11.7. The van der Waals surface area contributed by atoms with Gasteiger partial charge >= 0.3 is 0 Å². The molecule has 3 heterocycles. The van der Waals surface area contributed by atoms with Gasteiger partial charge in [-0.25, -0.2) is 17.7 Å². The Kier molecular flexibility index (Phi) is 4.01. The molecule has 1 aliphatic heterocycles. The zero-order valence-corrected chi connectivity index (χ0v) is 13.3. The number of piperidine rings is 1. The van der Waals surface area contributed by atoms with E-state index < -0.39 is 10.0 Å². The summed E-state index contributed by atoms with van der Waals surface area (Å²) in [4.78, 5) is 13.9. The molecular formula is C13H16N4O2S2. The minimum absolute atomic E-state index is 0.105. The fourth-order valence-corrected chi connectivity index (χ4v) is 4.01. The van der Waals surface area contributed by atoms with Gasteiger partial charge in [0.25, 0.3) is 0 Å². The van der Waals surface area contributed by atoms with Gasteiger partial charge in [0.05, 0.1) is 28.5 Å². The second-order valence-electron chi connectivity index (χ2n) is 5.16. The van der Waals surface area contributed by atoms with E-state index >= 15 is 0 Å². The molecule has 112 valence electrons. The standard InChI is InChI=1S/C13H16N4O2S2/c1-21(18,19)17-4-2-3-10(8-17)11-5-14-6-12(16-11)13-7-15-9-20-13/h5-7,9-10H,2-4,8H2,1H3/t10-/m1/s1. The second-order valence-corrected chi connectivity index (χ2v) is 8.02. The molecule has 0 spiro atoms. The van der Waals surface area contributed by atoms with E-state index in [-0.39, 0.29) is 5.92 Å². The summed E-state index contributed by atoms with van der Waals surface area (Å²) in [5, 5.41) is 0. The number of nitrogens with zero attached hydrogens (tertiary/aromatic N) is 4. The van der Waals surface area contributed by atoms with Gasteiger partial charge in [0.2, 0.25) is 10.0 Å². The SMILES string of the molecule is CS(=O)(=O)N1CCC[C@@H](c2cncc(-c3cncs3)n2)C1. The van der Waals surface area contributed by atoms with Gasteiger partial charge in [0, 0.05) is 31.4 Å². The highest BCUT2D eigenvalue weighted by molar-refractivity contribution is 7.88. The van der Waals surface area contributed by atoms with Gasteiger partial charge in [-0.15, -0.1) is 11.3 Å². The van der Waals surface area contributed by atoms with Crippen LogP contribution in [0.4, 0.5) is 0 Å². The molecule has 0 bridgehead atoms. The first-order chi connectivity index (χ1) is 10.0. The molecule has 0 aliphatic carbocycles. The van der Waals surface area contributed by atoms with E-state index in [1.807, 2.05) is 0 Å². The Hall–Kier alpha value is -1.38. The van der Waals surface area contributed by atoms with Crippen LogP contribution in [0.25, 0.3) is 10.6 Å². The summed E-state index contributed by atoms with van der Waals surface area (Å²) in [6.07, 6.45) is 8.27. The summed E-state index contributed by atoms with van der Waals surface area (Å²) in [7, 11) is -3.14. The zero-order chi connectivity index (χ0) is 14.9. The number of aromatic nitrogens is 3. The summed E-state index contributed by atoms with van der Waals surface area (Å²) in [5.41, 5.74) is 3.41. The van der Waals surface area contributed by atoms with Gasteiger partial charge in [-0.1, -0.05) is 0 Å². The van der Waals surface area contributed by atoms with Crippen LogP contribution in [0.3, 0.4) is 0 Å². The number of rotatable bonds is 3. The van der Waals surface area contributed by atoms with E-state index in [4.69, 9.17) is 0 Å². The molecule has 1 atom stereocenters. The van der Waals surface area contributed by atoms with E-state index in [0.29, 0.717) is 13.1 Å². The van der Waals surface area contributed by atoms with Crippen molar-refractivity contribution in [2.24, 2.45) is 0 Å². The Balaban J connectivity index is 1.85. The molecule has 0 unspecified atom stereocenters. The first-order valence-electron chi connectivity index (χ1n) is 6.70. The van der Waals surface area contributed by atoms with Crippen LogP contribution in [-0.2, 0) is 10.0 Å². The predicted molar refractivity (Wildman–Crippen MR) is 81.5 cm³/mol. The third-order valence-corrected chi connectivity index (χ3v) is 5.67. The molecule has 2 aromatic rings. The molecule has 0 radical (unpaired) electrons. The van der Waals surface area contributed by atoms with Crippen LogP contribution in [-0.4, -0.2) is 47.0 Å². The summed E-state index contributed by atoms with van der Waals surface area (Å²) in [6, 6.07) is 0. The van der Waals surface area contributed by atoms with Crippen molar-refractivity contribution in [2.75, 3.05) is 19.3 Å². The fraction of sp³-hybridized carbons (Fsp3) is 0.462. The normalized spacial score (nSPS) is 20.5. The largest absolute Gasteiger partial charge is 0.261 e. The average Bonchev–Trinajstić information content (AvgIpc) is 3.01. The van der Waals surface area contributed by atoms with Crippen molar-refractivity contribution in [1.82, 2.24) is 19.3 Å². The van der Waals surface area contributed by atoms with Crippen molar-refractivity contribution < 1.29 is 8.42 Å². The van der Waals surface area contributed by atoms with Crippen molar-refractivity contribution >= 4 is 21.4 Å². The lowest BCUT2D eigenvalue weighted by Gasteiger charge is -2.30. The molecule has 0 saturated carbocycles. The number of thiazole rings is 1. The fourth-order valence-electron chi connectivity index (χ4n) is 2.52. The smallest absolute Gasteiger partial charge is 0.211 e. The average molecular weight is 324 g/mol. The van der Waals surface area contributed by atoms with Gasteiger partial charge in [0.1, 0.15) is 5.69 Å². The van der Waals surface area contributed by atoms with Crippen molar-refractivity contribution in [3.63, 3.8) is 0 Å². The van der Waals surface area contributed by atoms with Gasteiger partial charge in [-0.3, -0.25) is 9.97 Å². The summed E-state index contributed by atoms with van der Waals surface area (Å²) in [5.74, 6) is 0.105. The molecule has 6 nitrogen and oxygen atoms in total. The second kappa shape index (κ2) is 5.78. The molecule has 0 amide bonds. The van der Waals surface area contributed by atoms with E-state index in [1.165, 1.54) is 21.9 Å². The van der Waals surface area contributed by atoms with Gasteiger partial charge in [-0.2, -0.15) is 0 Å². The molecule has 1 aliphatic rings. The molecule has 1 fully saturated rings. The first-order valence-corrected chi connectivity index (χ1v) is 9.43. The molecule has 8 heteroatoms. The van der Waals surface area contributed by atoms with Crippen LogP contribution in [0.5, 0.6) is 0 Å². The minimum atomic E-state index is -3.14. The maximum Gasteiger partial charge on any atom is 0.211 e. The highest BCUT2D eigenvalue weighted by Crippen LogP contribution is 2.28. The van der Waals surface area contributed by atoms with Crippen LogP contribution >= 0.6 is 11.3 Å². The monoisotopic (exact) mass is 324 g/mol. The van der Waals surface area contributed by atoms with E-state index in [2.05, 4.69) is 15.0 Å². The van der Waals surface area contributed by atoms with Crippen LogP contribution in [0, 0.1) is 0 Å². The molecule has 0 N–H and O–H groups in total. The lowest BCUT2D eigenvalue weighted by molar-refractivity contribution is 0.314. The Morgan fingerprint density at radius 3 is 2.86 bits per heavy atom. The van der Waals surface area contributed by atoms with Crippen molar-refractivity contribution in [1.29, 1.82) is 0 Å². The quantitative estimate of drug-likeness (QED) is 0.859. The summed E-state index contributed by atoms with van der Waals surface area (Å²) >= 11 is 1.52.